The standard InChI is InChI=1S/C25H25Br2N3O4S/c1-2-3-4-13-33-19-9-5-16(6-10-19)24(32)28-25(35)30-29-22(31)15-34-21-12-7-17-14-18(26)8-11-20(17)23(21)27/h5-12,14H,2-4,13,15H2,1H3,(H,29,31)(H2,28,30,32,35). The van der Waals surface area contributed by atoms with Gasteiger partial charge in [-0.25, -0.2) is 0 Å². The molecular weight excluding hydrogens is 598 g/mol. The second-order valence-electron chi connectivity index (χ2n) is 7.57. The number of thiocarbonyl (C=S) groups is 1. The molecule has 0 heterocycles. The van der Waals surface area contributed by atoms with Gasteiger partial charge < -0.3 is 9.47 Å². The number of unbranched alkanes of at least 4 members (excludes halogenated alkanes) is 2. The van der Waals surface area contributed by atoms with Gasteiger partial charge in [-0.3, -0.25) is 25.8 Å². The number of hydrogen-bond donors (Lipinski definition) is 3. The van der Waals surface area contributed by atoms with Crippen LogP contribution < -0.4 is 25.6 Å². The third-order valence-electron chi connectivity index (χ3n) is 4.92. The maximum absolute atomic E-state index is 12.4. The molecule has 10 heteroatoms. The van der Waals surface area contributed by atoms with Gasteiger partial charge in [-0.15, -0.1) is 0 Å². The molecule has 0 fully saturated rings. The van der Waals surface area contributed by atoms with Crippen LogP contribution in [0.2, 0.25) is 0 Å². The molecule has 0 aliphatic heterocycles. The Bertz CT molecular complexity index is 1210. The molecule has 3 rings (SSSR count). The van der Waals surface area contributed by atoms with Crippen LogP contribution >= 0.6 is 44.1 Å². The van der Waals surface area contributed by atoms with Crippen molar-refractivity contribution < 1.29 is 19.1 Å². The number of carbonyl (C=O) groups excluding carboxylic acids is 2. The molecule has 0 unspecified atom stereocenters. The number of hydrogen-bond acceptors (Lipinski definition) is 5. The number of hydrazine groups is 1. The predicted octanol–water partition coefficient (Wildman–Crippen LogP) is 5.65. The summed E-state index contributed by atoms with van der Waals surface area (Å²) in [4.78, 5) is 24.5. The van der Waals surface area contributed by atoms with Crippen molar-refractivity contribution in [1.29, 1.82) is 0 Å². The van der Waals surface area contributed by atoms with E-state index in [1.54, 1.807) is 30.3 Å². The van der Waals surface area contributed by atoms with E-state index in [1.165, 1.54) is 0 Å². The molecule has 3 N–H and O–H groups in total. The summed E-state index contributed by atoms with van der Waals surface area (Å²) in [7, 11) is 0. The molecule has 0 spiro atoms. The first kappa shape index (κ1) is 26.9. The molecule has 0 bridgehead atoms. The highest BCUT2D eigenvalue weighted by atomic mass is 79.9. The summed E-state index contributed by atoms with van der Waals surface area (Å²) in [6, 6.07) is 16.3. The van der Waals surface area contributed by atoms with E-state index in [0.717, 1.165) is 39.0 Å². The van der Waals surface area contributed by atoms with E-state index in [9.17, 15) is 9.59 Å². The van der Waals surface area contributed by atoms with Crippen molar-refractivity contribution in [3.8, 4) is 11.5 Å². The molecule has 2 amide bonds. The Morgan fingerprint density at radius 3 is 2.46 bits per heavy atom. The van der Waals surface area contributed by atoms with Gasteiger partial charge in [0, 0.05) is 10.0 Å². The molecule has 0 aromatic heterocycles. The highest BCUT2D eigenvalue weighted by Crippen LogP contribution is 2.34. The van der Waals surface area contributed by atoms with Gasteiger partial charge in [0.2, 0.25) is 0 Å². The topological polar surface area (TPSA) is 88.7 Å². The Morgan fingerprint density at radius 1 is 0.943 bits per heavy atom. The first-order valence-electron chi connectivity index (χ1n) is 11.0. The SMILES string of the molecule is CCCCCOc1ccc(C(=O)NC(=S)NNC(=O)COc2ccc3cc(Br)ccc3c2Br)cc1. The van der Waals surface area contributed by atoms with Gasteiger partial charge in [0.15, 0.2) is 11.7 Å². The molecule has 0 aliphatic rings. The van der Waals surface area contributed by atoms with Crippen molar-refractivity contribution in [1.82, 2.24) is 16.2 Å². The summed E-state index contributed by atoms with van der Waals surface area (Å²) in [6.07, 6.45) is 3.24. The van der Waals surface area contributed by atoms with Gasteiger partial charge in [-0.1, -0.05) is 47.8 Å². The van der Waals surface area contributed by atoms with Crippen LogP contribution in [0.1, 0.15) is 36.5 Å². The van der Waals surface area contributed by atoms with E-state index >= 15 is 0 Å². The van der Waals surface area contributed by atoms with E-state index in [-0.39, 0.29) is 11.7 Å². The number of fused-ring (bicyclic) bond motifs is 1. The Hall–Kier alpha value is -2.69. The monoisotopic (exact) mass is 621 g/mol. The summed E-state index contributed by atoms with van der Waals surface area (Å²) < 4.78 is 13.0. The second-order valence-corrected chi connectivity index (χ2v) is 9.69. The lowest BCUT2D eigenvalue weighted by molar-refractivity contribution is -0.123. The number of rotatable bonds is 9. The number of ether oxygens (including phenoxy) is 2. The molecule has 184 valence electrons. The Balaban J connectivity index is 1.42. The van der Waals surface area contributed by atoms with Crippen LogP contribution in [-0.4, -0.2) is 30.1 Å². The zero-order valence-corrected chi connectivity index (χ0v) is 23.0. The zero-order chi connectivity index (χ0) is 25.2. The fourth-order valence-corrected chi connectivity index (χ4v) is 4.24. The molecule has 0 aliphatic carbocycles. The van der Waals surface area contributed by atoms with Crippen LogP contribution in [0.3, 0.4) is 0 Å². The quantitative estimate of drug-likeness (QED) is 0.162. The van der Waals surface area contributed by atoms with E-state index < -0.39 is 11.8 Å². The summed E-state index contributed by atoms with van der Waals surface area (Å²) in [5, 5.41) is 4.46. The molecule has 35 heavy (non-hydrogen) atoms. The first-order chi connectivity index (χ1) is 16.9. The van der Waals surface area contributed by atoms with Crippen LogP contribution in [0.15, 0.2) is 63.5 Å². The number of halogens is 2. The first-order valence-corrected chi connectivity index (χ1v) is 13.0. The predicted molar refractivity (Wildman–Crippen MR) is 148 cm³/mol. The van der Waals surface area contributed by atoms with Crippen molar-refractivity contribution in [2.45, 2.75) is 26.2 Å². The molecule has 0 saturated carbocycles. The van der Waals surface area contributed by atoms with Gasteiger partial charge in [-0.2, -0.15) is 0 Å². The van der Waals surface area contributed by atoms with Crippen molar-refractivity contribution in [2.24, 2.45) is 0 Å². The molecule has 3 aromatic carbocycles. The Kier molecular flexibility index (Phi) is 10.3. The van der Waals surface area contributed by atoms with Gasteiger partial charge in [0.1, 0.15) is 11.5 Å². The largest absolute Gasteiger partial charge is 0.494 e. The van der Waals surface area contributed by atoms with Crippen molar-refractivity contribution in [3.05, 3.63) is 69.1 Å². The molecule has 7 nitrogen and oxygen atoms in total. The lowest BCUT2D eigenvalue weighted by atomic mass is 10.1. The Morgan fingerprint density at radius 2 is 1.71 bits per heavy atom. The summed E-state index contributed by atoms with van der Waals surface area (Å²) in [5.41, 5.74) is 5.32. The fraction of sp³-hybridized carbons (Fsp3) is 0.240. The molecule has 0 saturated heterocycles. The van der Waals surface area contributed by atoms with Crippen LogP contribution in [0.4, 0.5) is 0 Å². The van der Waals surface area contributed by atoms with Gasteiger partial charge in [0.05, 0.1) is 11.1 Å². The van der Waals surface area contributed by atoms with Crippen molar-refractivity contribution in [3.63, 3.8) is 0 Å². The maximum atomic E-state index is 12.4. The lowest BCUT2D eigenvalue weighted by Gasteiger charge is -2.13. The zero-order valence-electron chi connectivity index (χ0n) is 19.0. The number of amides is 2. The third-order valence-corrected chi connectivity index (χ3v) is 6.43. The average molecular weight is 623 g/mol. The van der Waals surface area contributed by atoms with Crippen LogP contribution in [0, 0.1) is 0 Å². The van der Waals surface area contributed by atoms with E-state index in [1.807, 2.05) is 24.3 Å². The minimum Gasteiger partial charge on any atom is -0.494 e. The Labute approximate surface area is 226 Å². The van der Waals surface area contributed by atoms with Crippen molar-refractivity contribution >= 4 is 71.8 Å². The molecular formula is C25H25Br2N3O4S. The number of benzene rings is 3. The third kappa shape index (κ3) is 8.19. The summed E-state index contributed by atoms with van der Waals surface area (Å²) >= 11 is 12.1. The van der Waals surface area contributed by atoms with E-state index in [4.69, 9.17) is 21.7 Å². The van der Waals surface area contributed by atoms with E-state index in [0.29, 0.717) is 23.7 Å². The second kappa shape index (κ2) is 13.4. The summed E-state index contributed by atoms with van der Waals surface area (Å²) in [6.45, 7) is 2.53. The van der Waals surface area contributed by atoms with Gasteiger partial charge in [0.25, 0.3) is 11.8 Å². The molecule has 3 aromatic rings. The summed E-state index contributed by atoms with van der Waals surface area (Å²) in [5.74, 6) is 0.367. The van der Waals surface area contributed by atoms with Crippen molar-refractivity contribution in [2.75, 3.05) is 13.2 Å². The average Bonchev–Trinajstić information content (AvgIpc) is 2.85. The van der Waals surface area contributed by atoms with Crippen LogP contribution in [0.25, 0.3) is 10.8 Å². The highest BCUT2D eigenvalue weighted by Gasteiger charge is 2.11. The maximum Gasteiger partial charge on any atom is 0.276 e. The highest BCUT2D eigenvalue weighted by molar-refractivity contribution is 9.11. The fourth-order valence-electron chi connectivity index (χ4n) is 3.11. The van der Waals surface area contributed by atoms with E-state index in [2.05, 4.69) is 55.0 Å². The minimum absolute atomic E-state index is 0.0410. The molecule has 0 radical (unpaired) electrons. The lowest BCUT2D eigenvalue weighted by Crippen LogP contribution is -2.49. The van der Waals surface area contributed by atoms with Gasteiger partial charge in [-0.05, 0) is 87.8 Å². The number of nitrogens with one attached hydrogen (secondary N) is 3. The van der Waals surface area contributed by atoms with Crippen LogP contribution in [-0.2, 0) is 4.79 Å². The van der Waals surface area contributed by atoms with Crippen LogP contribution in [0.5, 0.6) is 11.5 Å². The minimum atomic E-state index is -0.464. The molecule has 0 atom stereocenters. The van der Waals surface area contributed by atoms with Gasteiger partial charge >= 0.3 is 0 Å². The number of carbonyl (C=O) groups is 2. The smallest absolute Gasteiger partial charge is 0.276 e. The normalized spacial score (nSPS) is 10.5.